The van der Waals surface area contributed by atoms with Crippen LogP contribution in [0.25, 0.3) is 11.1 Å². The molecular weight excluding hydrogens is 413 g/mol. The summed E-state index contributed by atoms with van der Waals surface area (Å²) < 4.78 is 44.6. The second-order valence-electron chi connectivity index (χ2n) is 6.42. The molecule has 4 aromatic rings. The first-order valence-electron chi connectivity index (χ1n) is 8.95. The van der Waals surface area contributed by atoms with Crippen LogP contribution in [0.4, 0.5) is 18.9 Å². The number of rotatable bonds is 5. The molecule has 0 saturated heterocycles. The van der Waals surface area contributed by atoms with Gasteiger partial charge in [0.25, 0.3) is 5.22 Å². The summed E-state index contributed by atoms with van der Waals surface area (Å²) in [6.07, 6.45) is -4.49. The number of para-hydroxylation sites is 2. The number of aromatic nitrogens is 1. The van der Waals surface area contributed by atoms with Crippen molar-refractivity contribution in [2.75, 3.05) is 5.32 Å². The normalized spacial score (nSPS) is 12.6. The fourth-order valence-corrected chi connectivity index (χ4v) is 3.83. The van der Waals surface area contributed by atoms with E-state index in [0.717, 1.165) is 23.9 Å². The van der Waals surface area contributed by atoms with Crippen LogP contribution in [0, 0.1) is 0 Å². The summed E-state index contributed by atoms with van der Waals surface area (Å²) in [7, 11) is 0. The van der Waals surface area contributed by atoms with Crippen molar-refractivity contribution in [3.8, 4) is 0 Å². The van der Waals surface area contributed by atoms with Gasteiger partial charge in [0.2, 0.25) is 5.91 Å². The Morgan fingerprint density at radius 3 is 2.43 bits per heavy atom. The molecule has 1 N–H and O–H groups in total. The van der Waals surface area contributed by atoms with Crippen LogP contribution in [-0.4, -0.2) is 10.9 Å². The molecule has 3 aromatic carbocycles. The lowest BCUT2D eigenvalue weighted by molar-refractivity contribution is -0.137. The van der Waals surface area contributed by atoms with Gasteiger partial charge in [0.1, 0.15) is 10.8 Å². The lowest BCUT2D eigenvalue weighted by Gasteiger charge is -2.16. The van der Waals surface area contributed by atoms with Crippen LogP contribution in [0.2, 0.25) is 0 Å². The van der Waals surface area contributed by atoms with E-state index in [9.17, 15) is 18.0 Å². The van der Waals surface area contributed by atoms with Gasteiger partial charge in [0, 0.05) is 5.69 Å². The van der Waals surface area contributed by atoms with E-state index in [1.165, 1.54) is 12.1 Å². The Labute approximate surface area is 174 Å². The van der Waals surface area contributed by atoms with Crippen LogP contribution in [0.5, 0.6) is 0 Å². The summed E-state index contributed by atoms with van der Waals surface area (Å²) in [4.78, 5) is 17.4. The minimum absolute atomic E-state index is 0.0638. The molecular formula is C22H15F3N2O2S. The zero-order valence-corrected chi connectivity index (χ0v) is 16.2. The second-order valence-corrected chi connectivity index (χ2v) is 7.48. The predicted molar refractivity (Wildman–Crippen MR) is 109 cm³/mol. The molecule has 1 aromatic heterocycles. The maximum Gasteiger partial charge on any atom is 0.416 e. The highest BCUT2D eigenvalue weighted by atomic mass is 32.2. The number of nitrogens with one attached hydrogen (secondary N) is 1. The molecule has 4 nitrogen and oxygen atoms in total. The number of hydrogen-bond donors (Lipinski definition) is 1. The number of hydrogen-bond acceptors (Lipinski definition) is 4. The summed E-state index contributed by atoms with van der Waals surface area (Å²) in [6.45, 7) is 0. The van der Waals surface area contributed by atoms with E-state index in [0.29, 0.717) is 21.9 Å². The zero-order chi connectivity index (χ0) is 21.1. The number of anilines is 1. The minimum atomic E-state index is -4.49. The van der Waals surface area contributed by atoms with Gasteiger partial charge >= 0.3 is 6.18 Å². The standard InChI is InChI=1S/C22H15F3N2O2S/c23-22(24,25)15-9-6-10-16(13-15)26-20(28)19(14-7-2-1-3-8-14)30-21-27-17-11-4-5-12-18(17)29-21/h1-13,19H,(H,26,28). The van der Waals surface area contributed by atoms with Crippen molar-refractivity contribution in [2.24, 2.45) is 0 Å². The molecule has 0 saturated carbocycles. The van der Waals surface area contributed by atoms with E-state index in [4.69, 9.17) is 4.42 Å². The first-order chi connectivity index (χ1) is 14.4. The summed E-state index contributed by atoms with van der Waals surface area (Å²) in [5.74, 6) is -0.479. The van der Waals surface area contributed by atoms with Gasteiger partial charge in [-0.15, -0.1) is 0 Å². The Bertz CT molecular complexity index is 1140. The van der Waals surface area contributed by atoms with Gasteiger partial charge in [-0.1, -0.05) is 48.5 Å². The van der Waals surface area contributed by atoms with Crippen molar-refractivity contribution in [1.82, 2.24) is 4.98 Å². The zero-order valence-electron chi connectivity index (χ0n) is 15.4. The van der Waals surface area contributed by atoms with Gasteiger partial charge in [-0.3, -0.25) is 4.79 Å². The third-order valence-corrected chi connectivity index (χ3v) is 5.39. The lowest BCUT2D eigenvalue weighted by atomic mass is 10.1. The van der Waals surface area contributed by atoms with E-state index >= 15 is 0 Å². The fraction of sp³-hybridized carbons (Fsp3) is 0.0909. The third-order valence-electron chi connectivity index (χ3n) is 4.29. The molecule has 0 aliphatic carbocycles. The monoisotopic (exact) mass is 428 g/mol. The van der Waals surface area contributed by atoms with Gasteiger partial charge in [0.15, 0.2) is 5.58 Å². The average molecular weight is 428 g/mol. The third kappa shape index (κ3) is 4.49. The predicted octanol–water partition coefficient (Wildman–Crippen LogP) is 6.32. The molecule has 1 atom stereocenters. The number of benzene rings is 3. The number of halogens is 3. The second kappa shape index (κ2) is 8.23. The van der Waals surface area contributed by atoms with E-state index in [-0.39, 0.29) is 5.69 Å². The summed E-state index contributed by atoms with van der Waals surface area (Å²) in [5, 5.41) is 2.10. The van der Waals surface area contributed by atoms with Crippen molar-refractivity contribution < 1.29 is 22.4 Å². The number of carbonyl (C=O) groups is 1. The van der Waals surface area contributed by atoms with E-state index in [1.54, 1.807) is 36.4 Å². The highest BCUT2D eigenvalue weighted by Gasteiger charge is 2.31. The van der Waals surface area contributed by atoms with Crippen molar-refractivity contribution in [3.63, 3.8) is 0 Å². The minimum Gasteiger partial charge on any atom is -0.431 e. The Balaban J connectivity index is 1.62. The van der Waals surface area contributed by atoms with Crippen molar-refractivity contribution in [1.29, 1.82) is 0 Å². The highest BCUT2D eigenvalue weighted by Crippen LogP contribution is 2.37. The van der Waals surface area contributed by atoms with E-state index in [1.807, 2.05) is 18.2 Å². The van der Waals surface area contributed by atoms with Crippen LogP contribution in [0.15, 0.2) is 88.5 Å². The molecule has 1 amide bonds. The number of amides is 1. The Hall–Kier alpha value is -3.26. The maximum atomic E-state index is 13.0. The van der Waals surface area contributed by atoms with E-state index in [2.05, 4.69) is 10.3 Å². The smallest absolute Gasteiger partial charge is 0.416 e. The van der Waals surface area contributed by atoms with Crippen molar-refractivity contribution >= 4 is 34.5 Å². The summed E-state index contributed by atoms with van der Waals surface area (Å²) in [5.41, 5.74) is 1.15. The molecule has 30 heavy (non-hydrogen) atoms. The molecule has 0 aliphatic rings. The molecule has 1 unspecified atom stereocenters. The fourth-order valence-electron chi connectivity index (χ4n) is 2.88. The number of carbonyl (C=O) groups excluding carboxylic acids is 1. The average Bonchev–Trinajstić information content (AvgIpc) is 3.15. The van der Waals surface area contributed by atoms with Gasteiger partial charge in [-0.2, -0.15) is 13.2 Å². The molecule has 0 bridgehead atoms. The molecule has 0 radical (unpaired) electrons. The van der Waals surface area contributed by atoms with Crippen LogP contribution >= 0.6 is 11.8 Å². The van der Waals surface area contributed by atoms with Crippen LogP contribution in [-0.2, 0) is 11.0 Å². The first-order valence-corrected chi connectivity index (χ1v) is 9.83. The molecule has 0 spiro atoms. The molecule has 1 heterocycles. The largest absolute Gasteiger partial charge is 0.431 e. The molecule has 152 valence electrons. The molecule has 0 fully saturated rings. The van der Waals surface area contributed by atoms with Gasteiger partial charge < -0.3 is 9.73 Å². The topological polar surface area (TPSA) is 55.1 Å². The quantitative estimate of drug-likeness (QED) is 0.378. The molecule has 8 heteroatoms. The highest BCUT2D eigenvalue weighted by molar-refractivity contribution is 8.00. The van der Waals surface area contributed by atoms with Crippen LogP contribution in [0.3, 0.4) is 0 Å². The lowest BCUT2D eigenvalue weighted by Crippen LogP contribution is -2.19. The SMILES string of the molecule is O=C(Nc1cccc(C(F)(F)F)c1)C(Sc1nc2ccccc2o1)c1ccccc1. The van der Waals surface area contributed by atoms with Gasteiger partial charge in [-0.25, -0.2) is 4.98 Å². The molecule has 4 rings (SSSR count). The number of fused-ring (bicyclic) bond motifs is 1. The number of oxazole rings is 1. The van der Waals surface area contributed by atoms with Gasteiger partial charge in [-0.05, 0) is 47.7 Å². The Morgan fingerprint density at radius 2 is 1.70 bits per heavy atom. The van der Waals surface area contributed by atoms with Crippen molar-refractivity contribution in [2.45, 2.75) is 16.6 Å². The first kappa shape index (κ1) is 20.0. The van der Waals surface area contributed by atoms with Gasteiger partial charge in [0.05, 0.1) is 5.56 Å². The summed E-state index contributed by atoms with van der Waals surface area (Å²) in [6, 6.07) is 20.7. The number of thioether (sulfide) groups is 1. The Morgan fingerprint density at radius 1 is 0.967 bits per heavy atom. The number of nitrogens with zero attached hydrogens (tertiary/aromatic N) is 1. The van der Waals surface area contributed by atoms with E-state index < -0.39 is 22.9 Å². The summed E-state index contributed by atoms with van der Waals surface area (Å²) >= 11 is 1.09. The van der Waals surface area contributed by atoms with Crippen LogP contribution < -0.4 is 5.32 Å². The van der Waals surface area contributed by atoms with Crippen molar-refractivity contribution in [3.05, 3.63) is 90.0 Å². The Kier molecular flexibility index (Phi) is 5.50. The maximum absolute atomic E-state index is 13.0. The van der Waals surface area contributed by atoms with Crippen LogP contribution in [0.1, 0.15) is 16.4 Å². The molecule has 0 aliphatic heterocycles. The number of alkyl halides is 3.